The van der Waals surface area contributed by atoms with Crippen molar-refractivity contribution in [2.75, 3.05) is 25.5 Å². The number of imide groups is 1. The van der Waals surface area contributed by atoms with Gasteiger partial charge in [-0.1, -0.05) is 6.07 Å². The lowest BCUT2D eigenvalue weighted by molar-refractivity contribution is -0.128. The second kappa shape index (κ2) is 5.81. The second-order valence-electron chi connectivity index (χ2n) is 4.79. The molecule has 1 saturated heterocycles. The first-order valence-corrected chi connectivity index (χ1v) is 6.53. The Hall–Kier alpha value is -2.24. The van der Waals surface area contributed by atoms with E-state index in [1.165, 1.54) is 4.90 Å². The Morgan fingerprint density at radius 2 is 2.25 bits per heavy atom. The maximum atomic E-state index is 12.2. The maximum absolute atomic E-state index is 12.2. The number of carbonyl (C=O) groups is 2. The molecule has 0 aromatic heterocycles. The van der Waals surface area contributed by atoms with Crippen molar-refractivity contribution in [1.82, 2.24) is 10.2 Å². The molecule has 1 aromatic rings. The van der Waals surface area contributed by atoms with Crippen molar-refractivity contribution in [3.8, 4) is 5.75 Å². The predicted molar refractivity (Wildman–Crippen MR) is 75.9 cm³/mol. The van der Waals surface area contributed by atoms with Gasteiger partial charge in [0.2, 0.25) is 0 Å². The van der Waals surface area contributed by atoms with Crippen LogP contribution in [0.2, 0.25) is 0 Å². The molecule has 0 bridgehead atoms. The molecule has 0 saturated carbocycles. The molecule has 1 aliphatic rings. The summed E-state index contributed by atoms with van der Waals surface area (Å²) in [4.78, 5) is 24.9. The van der Waals surface area contributed by atoms with Gasteiger partial charge in [0.15, 0.2) is 0 Å². The number of urea groups is 1. The number of ether oxygens (including phenoxy) is 1. The first-order valence-electron chi connectivity index (χ1n) is 6.53. The molecule has 6 heteroatoms. The van der Waals surface area contributed by atoms with E-state index in [-0.39, 0.29) is 11.9 Å². The molecule has 0 radical (unpaired) electrons. The molecule has 0 aliphatic carbocycles. The Kier molecular flexibility index (Phi) is 4.12. The minimum Gasteiger partial charge on any atom is -0.495 e. The molecule has 0 unspecified atom stereocenters. The SMILES string of the molecule is COc1ccc(C)cc1N[C@H](C)C(=O)N1CCNC1=O. The molecule has 1 aliphatic heterocycles. The zero-order valence-corrected chi connectivity index (χ0v) is 11.9. The van der Waals surface area contributed by atoms with Crippen LogP contribution in [0.5, 0.6) is 5.75 Å². The van der Waals surface area contributed by atoms with E-state index in [1.807, 2.05) is 25.1 Å². The normalized spacial score (nSPS) is 15.8. The van der Waals surface area contributed by atoms with Gasteiger partial charge in [-0.05, 0) is 31.5 Å². The molecule has 20 heavy (non-hydrogen) atoms. The van der Waals surface area contributed by atoms with Crippen LogP contribution in [0, 0.1) is 6.92 Å². The van der Waals surface area contributed by atoms with Crippen LogP contribution in [0.25, 0.3) is 0 Å². The summed E-state index contributed by atoms with van der Waals surface area (Å²) in [6, 6.07) is 4.85. The minimum absolute atomic E-state index is 0.247. The molecule has 0 spiro atoms. The summed E-state index contributed by atoms with van der Waals surface area (Å²) in [7, 11) is 1.58. The van der Waals surface area contributed by atoms with Crippen molar-refractivity contribution >= 4 is 17.6 Å². The topological polar surface area (TPSA) is 70.7 Å². The van der Waals surface area contributed by atoms with E-state index in [0.717, 1.165) is 11.3 Å². The number of nitrogens with one attached hydrogen (secondary N) is 2. The average molecular weight is 277 g/mol. The molecular formula is C14H19N3O3. The predicted octanol–water partition coefficient (Wildman–Crippen LogP) is 1.36. The van der Waals surface area contributed by atoms with Crippen LogP contribution in [0.3, 0.4) is 0 Å². The van der Waals surface area contributed by atoms with Crippen LogP contribution >= 0.6 is 0 Å². The number of aryl methyl sites for hydroxylation is 1. The number of benzene rings is 1. The average Bonchev–Trinajstić information content (AvgIpc) is 2.84. The van der Waals surface area contributed by atoms with Crippen LogP contribution in [0.15, 0.2) is 18.2 Å². The van der Waals surface area contributed by atoms with E-state index >= 15 is 0 Å². The van der Waals surface area contributed by atoms with Crippen LogP contribution in [0.4, 0.5) is 10.5 Å². The van der Waals surface area contributed by atoms with Gasteiger partial charge in [0, 0.05) is 13.1 Å². The number of carbonyl (C=O) groups excluding carboxylic acids is 2. The molecule has 1 aromatic carbocycles. The summed E-state index contributed by atoms with van der Waals surface area (Å²) < 4.78 is 5.26. The van der Waals surface area contributed by atoms with Gasteiger partial charge < -0.3 is 15.4 Å². The Morgan fingerprint density at radius 3 is 2.85 bits per heavy atom. The highest BCUT2D eigenvalue weighted by molar-refractivity contribution is 5.99. The number of hydrogen-bond donors (Lipinski definition) is 2. The van der Waals surface area contributed by atoms with Gasteiger partial charge in [0.25, 0.3) is 5.91 Å². The largest absolute Gasteiger partial charge is 0.495 e. The van der Waals surface area contributed by atoms with Crippen molar-refractivity contribution < 1.29 is 14.3 Å². The van der Waals surface area contributed by atoms with Crippen molar-refractivity contribution in [2.24, 2.45) is 0 Å². The van der Waals surface area contributed by atoms with E-state index < -0.39 is 6.04 Å². The summed E-state index contributed by atoms with van der Waals surface area (Å²) in [6.07, 6.45) is 0. The van der Waals surface area contributed by atoms with Gasteiger partial charge in [0.1, 0.15) is 11.8 Å². The van der Waals surface area contributed by atoms with Gasteiger partial charge >= 0.3 is 6.03 Å². The molecule has 1 fully saturated rings. The summed E-state index contributed by atoms with van der Waals surface area (Å²) in [5.74, 6) is 0.421. The van der Waals surface area contributed by atoms with Crippen molar-refractivity contribution in [3.63, 3.8) is 0 Å². The lowest BCUT2D eigenvalue weighted by Crippen LogP contribution is -2.43. The Balaban J connectivity index is 2.11. The van der Waals surface area contributed by atoms with Gasteiger partial charge in [-0.15, -0.1) is 0 Å². The smallest absolute Gasteiger partial charge is 0.324 e. The third kappa shape index (κ3) is 2.84. The lowest BCUT2D eigenvalue weighted by Gasteiger charge is -2.21. The molecule has 1 heterocycles. The van der Waals surface area contributed by atoms with E-state index in [0.29, 0.717) is 18.8 Å². The van der Waals surface area contributed by atoms with E-state index in [4.69, 9.17) is 4.74 Å². The van der Waals surface area contributed by atoms with Gasteiger partial charge in [0.05, 0.1) is 12.8 Å². The highest BCUT2D eigenvalue weighted by atomic mass is 16.5. The molecule has 2 rings (SSSR count). The van der Waals surface area contributed by atoms with Crippen molar-refractivity contribution in [3.05, 3.63) is 23.8 Å². The minimum atomic E-state index is -0.505. The molecular weight excluding hydrogens is 258 g/mol. The summed E-state index contributed by atoms with van der Waals surface area (Å²) in [5, 5.41) is 5.72. The maximum Gasteiger partial charge on any atom is 0.324 e. The van der Waals surface area contributed by atoms with Crippen LogP contribution in [-0.4, -0.2) is 43.1 Å². The van der Waals surface area contributed by atoms with Crippen molar-refractivity contribution in [1.29, 1.82) is 0 Å². The van der Waals surface area contributed by atoms with Gasteiger partial charge in [-0.3, -0.25) is 9.69 Å². The van der Waals surface area contributed by atoms with E-state index in [1.54, 1.807) is 14.0 Å². The first kappa shape index (κ1) is 14.2. The monoisotopic (exact) mass is 277 g/mol. The molecule has 3 amide bonds. The molecule has 1 atom stereocenters. The standard InChI is InChI=1S/C14H19N3O3/c1-9-4-5-12(20-3)11(8-9)16-10(2)13(18)17-7-6-15-14(17)19/h4-5,8,10,16H,6-7H2,1-3H3,(H,15,19)/t10-/m1/s1. The lowest BCUT2D eigenvalue weighted by atomic mass is 10.2. The highest BCUT2D eigenvalue weighted by Crippen LogP contribution is 2.26. The second-order valence-corrected chi connectivity index (χ2v) is 4.79. The zero-order chi connectivity index (χ0) is 14.7. The Morgan fingerprint density at radius 1 is 1.50 bits per heavy atom. The Bertz CT molecular complexity index is 530. The summed E-state index contributed by atoms with van der Waals surface area (Å²) in [5.41, 5.74) is 1.81. The Labute approximate surface area is 118 Å². The third-order valence-corrected chi connectivity index (χ3v) is 3.22. The van der Waals surface area contributed by atoms with Crippen LogP contribution < -0.4 is 15.4 Å². The van der Waals surface area contributed by atoms with Crippen molar-refractivity contribution in [2.45, 2.75) is 19.9 Å². The number of anilines is 1. The van der Waals surface area contributed by atoms with Crippen LogP contribution in [0.1, 0.15) is 12.5 Å². The van der Waals surface area contributed by atoms with Gasteiger partial charge in [-0.25, -0.2) is 4.79 Å². The number of methoxy groups -OCH3 is 1. The highest BCUT2D eigenvalue weighted by Gasteiger charge is 2.29. The molecule has 6 nitrogen and oxygen atoms in total. The molecule has 108 valence electrons. The van der Waals surface area contributed by atoms with Gasteiger partial charge in [-0.2, -0.15) is 0 Å². The third-order valence-electron chi connectivity index (χ3n) is 3.22. The summed E-state index contributed by atoms with van der Waals surface area (Å²) >= 11 is 0. The summed E-state index contributed by atoms with van der Waals surface area (Å²) in [6.45, 7) is 4.61. The van der Waals surface area contributed by atoms with Crippen LogP contribution in [-0.2, 0) is 4.79 Å². The number of hydrogen-bond acceptors (Lipinski definition) is 4. The fraction of sp³-hybridized carbons (Fsp3) is 0.429. The fourth-order valence-electron chi connectivity index (χ4n) is 2.15. The first-order chi connectivity index (χ1) is 9.52. The fourth-order valence-corrected chi connectivity index (χ4v) is 2.15. The zero-order valence-electron chi connectivity index (χ0n) is 11.9. The van der Waals surface area contributed by atoms with E-state index in [2.05, 4.69) is 10.6 Å². The quantitative estimate of drug-likeness (QED) is 0.871. The van der Waals surface area contributed by atoms with E-state index in [9.17, 15) is 9.59 Å². The molecule has 2 N–H and O–H groups in total. The number of amides is 3. The number of nitrogens with zero attached hydrogens (tertiary/aromatic N) is 1. The number of rotatable bonds is 4.